The average Bonchev–Trinajstić information content (AvgIpc) is 2.70. The number of thiazole rings is 1. The lowest BCUT2D eigenvalue weighted by Crippen LogP contribution is -2.25. The molecule has 0 aliphatic heterocycles. The Bertz CT molecular complexity index is 317. The summed E-state index contributed by atoms with van der Waals surface area (Å²) in [5.41, 5.74) is 0.977. The summed E-state index contributed by atoms with van der Waals surface area (Å²) in [5.74, 6) is 0. The predicted octanol–water partition coefficient (Wildman–Crippen LogP) is 3.35. The Morgan fingerprint density at radius 3 is 2.18 bits per heavy atom. The van der Waals surface area contributed by atoms with E-state index in [1.807, 2.05) is 6.92 Å². The molecule has 0 aromatic carbocycles. The summed E-state index contributed by atoms with van der Waals surface area (Å²) >= 11 is 1.63. The van der Waals surface area contributed by atoms with E-state index < -0.39 is 0 Å². The highest BCUT2D eigenvalue weighted by Crippen LogP contribution is 2.26. The molecule has 0 aliphatic carbocycles. The second-order valence-electron chi connectivity index (χ2n) is 4.36. The van der Waals surface area contributed by atoms with E-state index in [0.29, 0.717) is 0 Å². The van der Waals surface area contributed by atoms with Crippen LogP contribution in [0, 0.1) is 6.92 Å². The number of unbranched alkanes of at least 4 members (excludes halogenated alkanes) is 2. The molecule has 3 nitrogen and oxygen atoms in total. The number of nitrogens with zero attached hydrogens (tertiary/aromatic N) is 2. The van der Waals surface area contributed by atoms with Crippen molar-refractivity contribution in [3.8, 4) is 0 Å². The monoisotopic (exact) mass is 256 g/mol. The molecule has 1 aromatic rings. The Kier molecular flexibility index (Phi) is 6.52. The maximum absolute atomic E-state index is 9.22. The summed E-state index contributed by atoms with van der Waals surface area (Å²) in [7, 11) is 0. The van der Waals surface area contributed by atoms with Gasteiger partial charge < -0.3 is 10.0 Å². The first kappa shape index (κ1) is 14.5. The van der Waals surface area contributed by atoms with Gasteiger partial charge >= 0.3 is 0 Å². The third-order valence-electron chi connectivity index (χ3n) is 2.86. The number of rotatable bonds is 8. The first-order valence-corrected chi connectivity index (χ1v) is 7.36. The van der Waals surface area contributed by atoms with E-state index in [4.69, 9.17) is 0 Å². The summed E-state index contributed by atoms with van der Waals surface area (Å²) in [5, 5.41) is 10.3. The molecule has 0 fully saturated rings. The number of aliphatic hydroxyl groups excluding tert-OH is 1. The molecule has 0 amide bonds. The van der Waals surface area contributed by atoms with Gasteiger partial charge in [0.05, 0.1) is 17.2 Å². The summed E-state index contributed by atoms with van der Waals surface area (Å²) in [6.07, 6.45) is 4.83. The predicted molar refractivity (Wildman–Crippen MR) is 74.8 cm³/mol. The Labute approximate surface area is 108 Å². The molecule has 98 valence electrons. The number of aryl methyl sites for hydroxylation is 1. The van der Waals surface area contributed by atoms with E-state index in [2.05, 4.69) is 23.7 Å². The SMILES string of the molecule is CCCCN(CCCC)c1nc(C)c(CO)s1. The van der Waals surface area contributed by atoms with Gasteiger partial charge in [-0.05, 0) is 19.8 Å². The number of aliphatic hydroxyl groups is 1. The number of hydrogen-bond acceptors (Lipinski definition) is 4. The van der Waals surface area contributed by atoms with Crippen LogP contribution >= 0.6 is 11.3 Å². The molecule has 0 spiro atoms. The molecule has 0 saturated carbocycles. The van der Waals surface area contributed by atoms with Crippen molar-refractivity contribution in [2.24, 2.45) is 0 Å². The van der Waals surface area contributed by atoms with Crippen molar-refractivity contribution in [3.63, 3.8) is 0 Å². The minimum Gasteiger partial charge on any atom is -0.391 e. The molecular formula is C13H24N2OS. The standard InChI is InChI=1S/C13H24N2OS/c1-4-6-8-15(9-7-5-2)13-14-11(3)12(10-16)17-13/h16H,4-10H2,1-3H3. The second-order valence-corrected chi connectivity index (χ2v) is 5.42. The largest absolute Gasteiger partial charge is 0.391 e. The van der Waals surface area contributed by atoms with Gasteiger partial charge in [0, 0.05) is 13.1 Å². The van der Waals surface area contributed by atoms with E-state index in [-0.39, 0.29) is 6.61 Å². The number of hydrogen-bond donors (Lipinski definition) is 1. The topological polar surface area (TPSA) is 36.4 Å². The van der Waals surface area contributed by atoms with E-state index in [1.54, 1.807) is 11.3 Å². The smallest absolute Gasteiger partial charge is 0.185 e. The quantitative estimate of drug-likeness (QED) is 0.775. The van der Waals surface area contributed by atoms with Crippen LogP contribution in [-0.2, 0) is 6.61 Å². The Morgan fingerprint density at radius 1 is 1.18 bits per heavy atom. The van der Waals surface area contributed by atoms with Crippen LogP contribution in [0.3, 0.4) is 0 Å². The maximum Gasteiger partial charge on any atom is 0.185 e. The molecule has 17 heavy (non-hydrogen) atoms. The fraction of sp³-hybridized carbons (Fsp3) is 0.769. The van der Waals surface area contributed by atoms with Gasteiger partial charge in [-0.15, -0.1) is 0 Å². The van der Waals surface area contributed by atoms with Crippen molar-refractivity contribution in [1.29, 1.82) is 0 Å². The average molecular weight is 256 g/mol. The van der Waals surface area contributed by atoms with Gasteiger partial charge in [-0.25, -0.2) is 4.98 Å². The van der Waals surface area contributed by atoms with Crippen LogP contribution < -0.4 is 4.90 Å². The van der Waals surface area contributed by atoms with Gasteiger partial charge in [-0.1, -0.05) is 38.0 Å². The first-order valence-electron chi connectivity index (χ1n) is 6.55. The molecule has 1 heterocycles. The zero-order valence-corrected chi connectivity index (χ0v) is 12.0. The van der Waals surface area contributed by atoms with Crippen LogP contribution in [0.4, 0.5) is 5.13 Å². The second kappa shape index (κ2) is 7.67. The van der Waals surface area contributed by atoms with Crippen molar-refractivity contribution in [3.05, 3.63) is 10.6 Å². The minimum absolute atomic E-state index is 0.110. The van der Waals surface area contributed by atoms with E-state index >= 15 is 0 Å². The van der Waals surface area contributed by atoms with Crippen LogP contribution in [0.1, 0.15) is 50.1 Å². The van der Waals surface area contributed by atoms with Crippen molar-refractivity contribution >= 4 is 16.5 Å². The highest BCUT2D eigenvalue weighted by molar-refractivity contribution is 7.15. The Balaban J connectivity index is 2.71. The van der Waals surface area contributed by atoms with Crippen molar-refractivity contribution in [1.82, 2.24) is 4.98 Å². The van der Waals surface area contributed by atoms with Gasteiger partial charge in [0.15, 0.2) is 5.13 Å². The minimum atomic E-state index is 0.110. The summed E-state index contributed by atoms with van der Waals surface area (Å²) in [6.45, 7) is 8.67. The van der Waals surface area contributed by atoms with Gasteiger partial charge in [-0.3, -0.25) is 0 Å². The van der Waals surface area contributed by atoms with Crippen molar-refractivity contribution < 1.29 is 5.11 Å². The normalized spacial score (nSPS) is 10.8. The zero-order valence-electron chi connectivity index (χ0n) is 11.2. The summed E-state index contributed by atoms with van der Waals surface area (Å²) in [4.78, 5) is 7.94. The molecule has 0 aliphatic rings. The number of anilines is 1. The van der Waals surface area contributed by atoms with Gasteiger partial charge in [0.2, 0.25) is 0 Å². The molecule has 1 rings (SSSR count). The fourth-order valence-electron chi connectivity index (χ4n) is 1.70. The van der Waals surface area contributed by atoms with Crippen LogP contribution in [0.25, 0.3) is 0 Å². The van der Waals surface area contributed by atoms with Gasteiger partial charge in [-0.2, -0.15) is 0 Å². The van der Waals surface area contributed by atoms with E-state index in [0.717, 1.165) is 28.8 Å². The molecule has 1 aromatic heterocycles. The van der Waals surface area contributed by atoms with Crippen molar-refractivity contribution in [2.45, 2.75) is 53.1 Å². The van der Waals surface area contributed by atoms with Gasteiger partial charge in [0.25, 0.3) is 0 Å². The molecule has 0 bridgehead atoms. The molecule has 0 atom stereocenters. The summed E-state index contributed by atoms with van der Waals surface area (Å²) < 4.78 is 0. The molecule has 0 unspecified atom stereocenters. The third-order valence-corrected chi connectivity index (χ3v) is 4.06. The fourth-order valence-corrected chi connectivity index (χ4v) is 2.67. The highest BCUT2D eigenvalue weighted by atomic mass is 32.1. The molecule has 0 radical (unpaired) electrons. The molecule has 0 saturated heterocycles. The van der Waals surface area contributed by atoms with Gasteiger partial charge in [0.1, 0.15) is 0 Å². The van der Waals surface area contributed by atoms with E-state index in [9.17, 15) is 5.11 Å². The lowest BCUT2D eigenvalue weighted by atomic mass is 10.3. The molecule has 1 N–H and O–H groups in total. The molecular weight excluding hydrogens is 232 g/mol. The lowest BCUT2D eigenvalue weighted by molar-refractivity contribution is 0.284. The van der Waals surface area contributed by atoms with Crippen LogP contribution in [-0.4, -0.2) is 23.2 Å². The Morgan fingerprint density at radius 2 is 1.76 bits per heavy atom. The van der Waals surface area contributed by atoms with E-state index in [1.165, 1.54) is 25.7 Å². The number of aromatic nitrogens is 1. The third kappa shape index (κ3) is 4.28. The maximum atomic E-state index is 9.22. The first-order chi connectivity index (χ1) is 8.22. The van der Waals surface area contributed by atoms with Crippen LogP contribution in [0.2, 0.25) is 0 Å². The molecule has 4 heteroatoms. The Hall–Kier alpha value is -0.610. The summed E-state index contributed by atoms with van der Waals surface area (Å²) in [6, 6.07) is 0. The zero-order chi connectivity index (χ0) is 12.7. The van der Waals surface area contributed by atoms with Crippen LogP contribution in [0.15, 0.2) is 0 Å². The van der Waals surface area contributed by atoms with Crippen molar-refractivity contribution in [2.75, 3.05) is 18.0 Å². The highest BCUT2D eigenvalue weighted by Gasteiger charge is 2.12. The lowest BCUT2D eigenvalue weighted by Gasteiger charge is -2.21. The van der Waals surface area contributed by atoms with Crippen LogP contribution in [0.5, 0.6) is 0 Å².